The summed E-state index contributed by atoms with van der Waals surface area (Å²) in [5.41, 5.74) is 0. The van der Waals surface area contributed by atoms with Crippen LogP contribution in [0.4, 0.5) is 0 Å². The van der Waals surface area contributed by atoms with Crippen molar-refractivity contribution in [1.29, 1.82) is 0 Å². The summed E-state index contributed by atoms with van der Waals surface area (Å²) in [4.78, 5) is 25.2. The molecule has 8 nitrogen and oxygen atoms in total. The van der Waals surface area contributed by atoms with Crippen LogP contribution in [0.1, 0.15) is 232 Å². The van der Waals surface area contributed by atoms with Crippen LogP contribution in [0.3, 0.4) is 0 Å². The summed E-state index contributed by atoms with van der Waals surface area (Å²) in [6, 6.07) is 0. The Hall–Kier alpha value is -2.06. The molecule has 0 aromatic heterocycles. The van der Waals surface area contributed by atoms with Gasteiger partial charge in [-0.25, -0.2) is 0 Å². The van der Waals surface area contributed by atoms with Gasteiger partial charge in [-0.3, -0.25) is 9.36 Å². The van der Waals surface area contributed by atoms with Gasteiger partial charge in [0.15, 0.2) is 0 Å². The molecular weight excluding hydrogens is 854 g/mol. The fourth-order valence-electron chi connectivity index (χ4n) is 7.55. The highest BCUT2D eigenvalue weighted by Gasteiger charge is 2.20. The number of hydrogen-bond acceptors (Lipinski definition) is 7. The van der Waals surface area contributed by atoms with E-state index in [-0.39, 0.29) is 32.2 Å². The van der Waals surface area contributed by atoms with Crippen molar-refractivity contribution in [3.05, 3.63) is 72.9 Å². The lowest BCUT2D eigenvalue weighted by molar-refractivity contribution is -0.870. The average Bonchev–Trinajstić information content (AvgIpc) is 3.29. The predicted molar refractivity (Wildman–Crippen MR) is 286 cm³/mol. The minimum absolute atomic E-state index is 0.0187. The maximum atomic E-state index is 12.8. The standard InChI is InChI=1S/C58H106NO7P/c1-6-8-10-12-14-16-18-20-22-24-26-28-30-31-33-35-37-39-41-43-45-47-49-51-58(60)66-57(56-65-67(61,62)64-54-52-59(3,4)5)55-63-53-50-48-46-44-42-40-38-36-34-32-29-27-25-23-21-19-17-15-13-11-9-7-2/h8,10,14,16,20,22,26,28,31,33,37,39,57H,6-7,9,11-13,15,17-19,21,23-25,27,29-30,32,34-36,38,40-56H2,1-5H3/b10-8-,16-14-,22-20-,28-26-,33-31-,39-37-. The summed E-state index contributed by atoms with van der Waals surface area (Å²) in [6.07, 6.45) is 66.5. The number of carbonyl (C=O) groups excluding carboxylic acids is 1. The highest BCUT2D eigenvalue weighted by molar-refractivity contribution is 7.45. The Labute approximate surface area is 414 Å². The van der Waals surface area contributed by atoms with Gasteiger partial charge in [0.25, 0.3) is 7.82 Å². The van der Waals surface area contributed by atoms with Crippen LogP contribution < -0.4 is 4.89 Å². The summed E-state index contributed by atoms with van der Waals surface area (Å²) in [5, 5.41) is 0. The molecular formula is C58H106NO7P. The highest BCUT2D eigenvalue weighted by Crippen LogP contribution is 2.38. The maximum Gasteiger partial charge on any atom is 0.306 e. The van der Waals surface area contributed by atoms with Crippen LogP contribution in [0.5, 0.6) is 0 Å². The van der Waals surface area contributed by atoms with Crippen LogP contribution in [0.2, 0.25) is 0 Å². The normalized spacial score (nSPS) is 14.1. The van der Waals surface area contributed by atoms with E-state index in [0.717, 1.165) is 83.5 Å². The summed E-state index contributed by atoms with van der Waals surface area (Å²) in [5.74, 6) is -0.356. The second-order valence-corrected chi connectivity index (χ2v) is 21.0. The molecule has 0 saturated heterocycles. The topological polar surface area (TPSA) is 94.1 Å². The maximum absolute atomic E-state index is 12.8. The molecule has 67 heavy (non-hydrogen) atoms. The smallest absolute Gasteiger partial charge is 0.306 e. The quantitative estimate of drug-likeness (QED) is 0.0197. The second-order valence-electron chi connectivity index (χ2n) is 19.6. The van der Waals surface area contributed by atoms with E-state index in [2.05, 4.69) is 86.8 Å². The highest BCUT2D eigenvalue weighted by atomic mass is 31.2. The van der Waals surface area contributed by atoms with Crippen LogP contribution in [0, 0.1) is 0 Å². The van der Waals surface area contributed by atoms with Crippen LogP contribution in [-0.4, -0.2) is 70.7 Å². The van der Waals surface area contributed by atoms with E-state index in [4.69, 9.17) is 18.5 Å². The van der Waals surface area contributed by atoms with Crippen molar-refractivity contribution < 1.29 is 37.3 Å². The zero-order valence-electron chi connectivity index (χ0n) is 44.3. The van der Waals surface area contributed by atoms with Crippen molar-refractivity contribution in [3.63, 3.8) is 0 Å². The number of quaternary nitrogens is 1. The number of phosphoric acid groups is 1. The molecule has 0 bridgehead atoms. The minimum atomic E-state index is -4.54. The van der Waals surface area contributed by atoms with Gasteiger partial charge in [0.2, 0.25) is 0 Å². The first-order valence-electron chi connectivity index (χ1n) is 27.7. The Balaban J connectivity index is 4.16. The molecule has 9 heteroatoms. The first-order chi connectivity index (χ1) is 32.6. The van der Waals surface area contributed by atoms with E-state index in [1.54, 1.807) is 0 Å². The summed E-state index contributed by atoms with van der Waals surface area (Å²) < 4.78 is 34.8. The molecule has 2 unspecified atom stereocenters. The van der Waals surface area contributed by atoms with Crippen molar-refractivity contribution in [2.75, 3.05) is 54.1 Å². The van der Waals surface area contributed by atoms with Gasteiger partial charge in [0, 0.05) is 13.0 Å². The lowest BCUT2D eigenvalue weighted by Gasteiger charge is -2.28. The fraction of sp³-hybridized carbons (Fsp3) is 0.776. The van der Waals surface area contributed by atoms with E-state index in [9.17, 15) is 14.3 Å². The Morgan fingerprint density at radius 2 is 0.866 bits per heavy atom. The molecule has 0 radical (unpaired) electrons. The fourth-order valence-corrected chi connectivity index (χ4v) is 8.28. The number of allylic oxidation sites excluding steroid dienone is 12. The number of unbranched alkanes of at least 4 members (excludes halogenated alkanes) is 25. The van der Waals surface area contributed by atoms with Crippen molar-refractivity contribution >= 4 is 13.8 Å². The first-order valence-corrected chi connectivity index (χ1v) is 29.1. The molecule has 2 atom stereocenters. The van der Waals surface area contributed by atoms with E-state index < -0.39 is 13.9 Å². The molecule has 0 rings (SSSR count). The third-order valence-electron chi connectivity index (χ3n) is 11.8. The number of nitrogens with zero attached hydrogens (tertiary/aromatic N) is 1. The molecule has 0 N–H and O–H groups in total. The summed E-state index contributed by atoms with van der Waals surface area (Å²) >= 11 is 0. The molecule has 0 spiro atoms. The zero-order valence-corrected chi connectivity index (χ0v) is 45.2. The van der Waals surface area contributed by atoms with Crippen LogP contribution in [0.25, 0.3) is 0 Å². The second kappa shape index (κ2) is 50.3. The number of carbonyl (C=O) groups is 1. The summed E-state index contributed by atoms with van der Waals surface area (Å²) in [7, 11) is 1.34. The lowest BCUT2D eigenvalue weighted by atomic mass is 10.0. The number of rotatable bonds is 51. The van der Waals surface area contributed by atoms with Crippen LogP contribution in [0.15, 0.2) is 72.9 Å². The van der Waals surface area contributed by atoms with E-state index in [0.29, 0.717) is 17.6 Å². The zero-order chi connectivity index (χ0) is 49.0. The van der Waals surface area contributed by atoms with Gasteiger partial charge in [-0.15, -0.1) is 0 Å². The monoisotopic (exact) mass is 960 g/mol. The van der Waals surface area contributed by atoms with Gasteiger partial charge in [0.05, 0.1) is 34.4 Å². The van der Waals surface area contributed by atoms with Crippen LogP contribution >= 0.6 is 7.82 Å². The Morgan fingerprint density at radius 3 is 1.30 bits per heavy atom. The third-order valence-corrected chi connectivity index (χ3v) is 12.7. The number of esters is 1. The number of hydrogen-bond donors (Lipinski definition) is 0. The molecule has 0 amide bonds. The molecule has 0 aliphatic carbocycles. The van der Waals surface area contributed by atoms with Gasteiger partial charge < -0.3 is 27.9 Å². The van der Waals surface area contributed by atoms with E-state index >= 15 is 0 Å². The predicted octanol–water partition coefficient (Wildman–Crippen LogP) is 16.8. The average molecular weight is 960 g/mol. The Bertz CT molecular complexity index is 1300. The van der Waals surface area contributed by atoms with Gasteiger partial charge in [-0.2, -0.15) is 0 Å². The third kappa shape index (κ3) is 54.7. The largest absolute Gasteiger partial charge is 0.756 e. The minimum Gasteiger partial charge on any atom is -0.756 e. The molecule has 0 fully saturated rings. The molecule has 0 saturated carbocycles. The van der Waals surface area contributed by atoms with E-state index in [1.165, 1.54) is 128 Å². The van der Waals surface area contributed by atoms with Gasteiger partial charge >= 0.3 is 5.97 Å². The first kappa shape index (κ1) is 64.9. The van der Waals surface area contributed by atoms with Gasteiger partial charge in [-0.1, -0.05) is 234 Å². The molecule has 0 aromatic rings. The van der Waals surface area contributed by atoms with Crippen molar-refractivity contribution in [2.24, 2.45) is 0 Å². The number of ether oxygens (including phenoxy) is 2. The van der Waals surface area contributed by atoms with Crippen molar-refractivity contribution in [3.8, 4) is 0 Å². The van der Waals surface area contributed by atoms with Crippen LogP contribution in [-0.2, 0) is 27.9 Å². The Kier molecular flexibility index (Phi) is 48.8. The molecule has 0 aliphatic rings. The van der Waals surface area contributed by atoms with Crippen molar-refractivity contribution in [2.45, 2.75) is 238 Å². The SMILES string of the molecule is CC/C=C\C/C=C\C/C=C\C/C=C\C/C=C\C/C=C\CCCCCCC(=O)OC(COCCCCCCCCCCCCCCCCCCCCCCCC)COP(=O)([O-])OCC[N+](C)(C)C. The molecule has 390 valence electrons. The Morgan fingerprint density at radius 1 is 0.478 bits per heavy atom. The number of phosphoric ester groups is 1. The molecule has 0 heterocycles. The van der Waals surface area contributed by atoms with E-state index in [1.807, 2.05) is 21.1 Å². The summed E-state index contributed by atoms with van der Waals surface area (Å²) in [6.45, 7) is 5.29. The number of likely N-dealkylation sites (N-methyl/N-ethyl adjacent to an activating group) is 1. The van der Waals surface area contributed by atoms with Crippen molar-refractivity contribution in [1.82, 2.24) is 0 Å². The van der Waals surface area contributed by atoms with Gasteiger partial charge in [-0.05, 0) is 64.2 Å². The molecule has 0 aliphatic heterocycles. The van der Waals surface area contributed by atoms with Gasteiger partial charge in [0.1, 0.15) is 19.3 Å². The lowest BCUT2D eigenvalue weighted by Crippen LogP contribution is -2.37. The molecule has 0 aromatic carbocycles.